The zero-order valence-corrected chi connectivity index (χ0v) is 17.7. The van der Waals surface area contributed by atoms with Gasteiger partial charge in [-0.2, -0.15) is 5.10 Å². The first-order valence-corrected chi connectivity index (χ1v) is 10.8. The zero-order chi connectivity index (χ0) is 22.6. The van der Waals surface area contributed by atoms with Crippen LogP contribution in [-0.4, -0.2) is 41.2 Å². The van der Waals surface area contributed by atoms with Crippen molar-refractivity contribution in [1.29, 1.82) is 0 Å². The maximum Gasteiger partial charge on any atom is 0.261 e. The van der Waals surface area contributed by atoms with Gasteiger partial charge in [0.15, 0.2) is 5.82 Å². The number of ether oxygens (including phenoxy) is 1. The van der Waals surface area contributed by atoms with E-state index in [-0.39, 0.29) is 10.5 Å². The van der Waals surface area contributed by atoms with Crippen LogP contribution in [0.1, 0.15) is 10.4 Å². The van der Waals surface area contributed by atoms with Gasteiger partial charge in [0.05, 0.1) is 17.7 Å². The number of anilines is 2. The summed E-state index contributed by atoms with van der Waals surface area (Å²) < 4.78 is 34.6. The lowest BCUT2D eigenvalue weighted by Gasteiger charge is -2.11. The maximum atomic E-state index is 12.8. The number of nitrogens with one attached hydrogen (secondary N) is 2. The monoisotopic (exact) mass is 450 g/mol. The van der Waals surface area contributed by atoms with Crippen LogP contribution in [-0.2, 0) is 10.0 Å². The fourth-order valence-corrected chi connectivity index (χ4v) is 3.97. The van der Waals surface area contributed by atoms with Crippen LogP contribution in [0.4, 0.5) is 11.4 Å². The number of benzene rings is 2. The molecule has 0 saturated heterocycles. The molecule has 2 N–H and O–H groups in total. The summed E-state index contributed by atoms with van der Waals surface area (Å²) in [5, 5.41) is 6.76. The van der Waals surface area contributed by atoms with Crippen molar-refractivity contribution in [2.45, 2.75) is 4.90 Å². The van der Waals surface area contributed by atoms with E-state index in [1.54, 1.807) is 42.6 Å². The summed E-state index contributed by atoms with van der Waals surface area (Å²) in [5.74, 6) is 0.483. The van der Waals surface area contributed by atoms with Crippen molar-refractivity contribution in [3.8, 4) is 11.6 Å². The third kappa shape index (κ3) is 4.57. The second-order valence-corrected chi connectivity index (χ2v) is 8.21. The number of carbonyl (C=O) groups excluding carboxylic acids is 1. The highest BCUT2D eigenvalue weighted by Gasteiger charge is 2.18. The van der Waals surface area contributed by atoms with Crippen LogP contribution < -0.4 is 14.8 Å². The van der Waals surface area contributed by atoms with Gasteiger partial charge in [-0.3, -0.25) is 9.52 Å². The molecule has 162 valence electrons. The van der Waals surface area contributed by atoms with Crippen LogP contribution >= 0.6 is 0 Å². The summed E-state index contributed by atoms with van der Waals surface area (Å²) in [6, 6.07) is 15.5. The van der Waals surface area contributed by atoms with Crippen LogP contribution in [0.25, 0.3) is 5.82 Å². The lowest BCUT2D eigenvalue weighted by atomic mass is 10.2. The summed E-state index contributed by atoms with van der Waals surface area (Å²) in [5.41, 5.74) is 0.928. The average Bonchev–Trinajstić information content (AvgIpc) is 3.34. The maximum absolute atomic E-state index is 12.8. The number of hydrogen-bond acceptors (Lipinski definition) is 7. The molecular formula is C21H18N6O4S. The Morgan fingerprint density at radius 2 is 1.88 bits per heavy atom. The normalized spacial score (nSPS) is 11.0. The van der Waals surface area contributed by atoms with E-state index in [1.165, 1.54) is 48.7 Å². The molecule has 0 bridgehead atoms. The average molecular weight is 450 g/mol. The van der Waals surface area contributed by atoms with Gasteiger partial charge in [-0.05, 0) is 54.6 Å². The van der Waals surface area contributed by atoms with Crippen molar-refractivity contribution in [2.24, 2.45) is 0 Å². The lowest BCUT2D eigenvalue weighted by Crippen LogP contribution is -2.17. The molecule has 0 aliphatic heterocycles. The van der Waals surface area contributed by atoms with Gasteiger partial charge in [-0.25, -0.2) is 23.1 Å². The molecule has 0 atom stereocenters. The van der Waals surface area contributed by atoms with Crippen molar-refractivity contribution in [3.05, 3.63) is 85.1 Å². The van der Waals surface area contributed by atoms with Gasteiger partial charge in [-0.1, -0.05) is 6.07 Å². The molecule has 2 aromatic carbocycles. The molecule has 0 fully saturated rings. The largest absolute Gasteiger partial charge is 0.497 e. The van der Waals surface area contributed by atoms with Gasteiger partial charge in [0.25, 0.3) is 15.9 Å². The Kier molecular flexibility index (Phi) is 5.81. The second-order valence-electron chi connectivity index (χ2n) is 6.53. The topological polar surface area (TPSA) is 128 Å². The Hall–Kier alpha value is -4.25. The number of rotatable bonds is 7. The summed E-state index contributed by atoms with van der Waals surface area (Å²) in [4.78, 5) is 20.9. The predicted molar refractivity (Wildman–Crippen MR) is 117 cm³/mol. The standard InChI is InChI=1S/C21H18N6O4S/c1-31-17-9-7-16(8-10-17)26-32(29,30)18-5-2-4-15(12-18)21(28)25-19-6-3-11-23-20(19)27-14-22-13-24-27/h2-14,26H,1H3,(H,25,28). The summed E-state index contributed by atoms with van der Waals surface area (Å²) >= 11 is 0. The summed E-state index contributed by atoms with van der Waals surface area (Å²) in [6.07, 6.45) is 4.37. The van der Waals surface area contributed by atoms with Crippen molar-refractivity contribution in [1.82, 2.24) is 19.7 Å². The molecule has 0 aliphatic carbocycles. The molecule has 10 nitrogen and oxygen atoms in total. The molecule has 0 spiro atoms. The number of aromatic nitrogens is 4. The van der Waals surface area contributed by atoms with E-state index >= 15 is 0 Å². The molecule has 0 saturated carbocycles. The Labute approximate surface area is 184 Å². The van der Waals surface area contributed by atoms with Crippen molar-refractivity contribution in [2.75, 3.05) is 17.1 Å². The Morgan fingerprint density at radius 3 is 2.59 bits per heavy atom. The minimum absolute atomic E-state index is 0.0522. The molecule has 0 unspecified atom stereocenters. The predicted octanol–water partition coefficient (Wildman–Crippen LogP) is 2.72. The fraction of sp³-hybridized carbons (Fsp3) is 0.0476. The summed E-state index contributed by atoms with van der Waals surface area (Å²) in [6.45, 7) is 0. The van der Waals surface area contributed by atoms with Crippen LogP contribution in [0.5, 0.6) is 5.75 Å². The number of pyridine rings is 1. The minimum Gasteiger partial charge on any atom is -0.497 e. The Bertz CT molecular complexity index is 1340. The molecule has 0 aliphatic rings. The highest BCUT2D eigenvalue weighted by molar-refractivity contribution is 7.92. The van der Waals surface area contributed by atoms with E-state index in [0.717, 1.165) is 0 Å². The van der Waals surface area contributed by atoms with E-state index in [1.807, 2.05) is 0 Å². The number of nitrogens with zero attached hydrogens (tertiary/aromatic N) is 4. The highest BCUT2D eigenvalue weighted by Crippen LogP contribution is 2.21. The lowest BCUT2D eigenvalue weighted by molar-refractivity contribution is 0.102. The molecule has 32 heavy (non-hydrogen) atoms. The first kappa shape index (κ1) is 21.0. The van der Waals surface area contributed by atoms with E-state index in [4.69, 9.17) is 4.74 Å². The number of amides is 1. The molecular weight excluding hydrogens is 432 g/mol. The zero-order valence-electron chi connectivity index (χ0n) is 16.8. The molecule has 2 aromatic heterocycles. The van der Waals surface area contributed by atoms with Crippen molar-refractivity contribution >= 4 is 27.3 Å². The summed E-state index contributed by atoms with van der Waals surface area (Å²) in [7, 11) is -2.39. The smallest absolute Gasteiger partial charge is 0.261 e. The van der Waals surface area contributed by atoms with Crippen LogP contribution in [0.3, 0.4) is 0 Å². The second kappa shape index (κ2) is 8.86. The number of methoxy groups -OCH3 is 1. The van der Waals surface area contributed by atoms with Gasteiger partial charge in [0.1, 0.15) is 18.4 Å². The number of hydrogen-bond donors (Lipinski definition) is 2. The van der Waals surface area contributed by atoms with Crippen LogP contribution in [0.15, 0.2) is 84.4 Å². The quantitative estimate of drug-likeness (QED) is 0.443. The Morgan fingerprint density at radius 1 is 1.06 bits per heavy atom. The molecule has 1 amide bonds. The molecule has 11 heteroatoms. The van der Waals surface area contributed by atoms with Gasteiger partial charge in [0, 0.05) is 17.4 Å². The van der Waals surface area contributed by atoms with E-state index in [2.05, 4.69) is 25.1 Å². The van der Waals surface area contributed by atoms with Crippen LogP contribution in [0, 0.1) is 0 Å². The fourth-order valence-electron chi connectivity index (χ4n) is 2.87. The van der Waals surface area contributed by atoms with Crippen LogP contribution in [0.2, 0.25) is 0 Å². The van der Waals surface area contributed by atoms with E-state index < -0.39 is 15.9 Å². The van der Waals surface area contributed by atoms with Gasteiger partial charge < -0.3 is 10.1 Å². The molecule has 4 aromatic rings. The first-order valence-electron chi connectivity index (χ1n) is 9.34. The third-order valence-electron chi connectivity index (χ3n) is 4.42. The first-order chi connectivity index (χ1) is 15.5. The van der Waals surface area contributed by atoms with Gasteiger partial charge in [0.2, 0.25) is 0 Å². The van der Waals surface area contributed by atoms with Crippen molar-refractivity contribution < 1.29 is 17.9 Å². The highest BCUT2D eigenvalue weighted by atomic mass is 32.2. The third-order valence-corrected chi connectivity index (χ3v) is 5.80. The Balaban J connectivity index is 1.56. The van der Waals surface area contributed by atoms with Gasteiger partial charge >= 0.3 is 0 Å². The van der Waals surface area contributed by atoms with E-state index in [9.17, 15) is 13.2 Å². The SMILES string of the molecule is COc1ccc(NS(=O)(=O)c2cccc(C(=O)Nc3cccnc3-n3cncn3)c2)cc1. The van der Waals surface area contributed by atoms with Gasteiger partial charge in [-0.15, -0.1) is 0 Å². The molecule has 2 heterocycles. The minimum atomic E-state index is -3.91. The molecule has 4 rings (SSSR count). The van der Waals surface area contributed by atoms with Crippen molar-refractivity contribution in [3.63, 3.8) is 0 Å². The van der Waals surface area contributed by atoms with E-state index in [0.29, 0.717) is 22.9 Å². The number of carbonyl (C=O) groups is 1. The number of sulfonamides is 1. The molecule has 0 radical (unpaired) electrons.